The Morgan fingerprint density at radius 3 is 2.94 bits per heavy atom. The number of nitrogens with zero attached hydrogens (tertiary/aromatic N) is 2. The molecular weight excluding hydrogens is 234 g/mol. The van der Waals surface area contributed by atoms with Gasteiger partial charge in [0.05, 0.1) is 6.07 Å². The second-order valence-electron chi connectivity index (χ2n) is 4.88. The van der Waals surface area contributed by atoms with Crippen molar-refractivity contribution in [2.24, 2.45) is 0 Å². The molecule has 0 atom stereocenters. The highest BCUT2D eigenvalue weighted by Gasteiger charge is 2.29. The molecule has 96 valence electrons. The van der Waals surface area contributed by atoms with Crippen LogP contribution in [0.2, 0.25) is 0 Å². The molecule has 0 spiro atoms. The van der Waals surface area contributed by atoms with E-state index < -0.39 is 0 Å². The minimum atomic E-state index is 0.0373. The molecule has 0 saturated carbocycles. The molecule has 1 saturated heterocycles. The van der Waals surface area contributed by atoms with Gasteiger partial charge in [0.1, 0.15) is 0 Å². The number of amides is 2. The van der Waals surface area contributed by atoms with E-state index in [1.165, 1.54) is 0 Å². The van der Waals surface area contributed by atoms with E-state index in [1.54, 1.807) is 0 Å². The zero-order valence-electron chi connectivity index (χ0n) is 10.7. The van der Waals surface area contributed by atoms with Crippen LogP contribution in [0.3, 0.4) is 0 Å². The molecule has 0 aromatic heterocycles. The molecular formula is C12H21N3OS. The topological polar surface area (TPSA) is 56.1 Å². The van der Waals surface area contributed by atoms with Crippen LogP contribution in [-0.4, -0.2) is 41.1 Å². The number of carbonyl (C=O) groups is 1. The maximum atomic E-state index is 11.9. The van der Waals surface area contributed by atoms with Crippen molar-refractivity contribution in [3.05, 3.63) is 0 Å². The summed E-state index contributed by atoms with van der Waals surface area (Å²) in [5.74, 6) is 1.01. The van der Waals surface area contributed by atoms with Gasteiger partial charge in [-0.15, -0.1) is 0 Å². The Bertz CT molecular complexity index is 299. The molecule has 1 fully saturated rings. The molecule has 17 heavy (non-hydrogen) atoms. The summed E-state index contributed by atoms with van der Waals surface area (Å²) in [7, 11) is 0. The van der Waals surface area contributed by atoms with Gasteiger partial charge in [-0.3, -0.25) is 0 Å². The van der Waals surface area contributed by atoms with Gasteiger partial charge in [0.15, 0.2) is 0 Å². The molecule has 0 unspecified atom stereocenters. The van der Waals surface area contributed by atoms with Crippen LogP contribution in [0.5, 0.6) is 0 Å². The summed E-state index contributed by atoms with van der Waals surface area (Å²) in [5.41, 5.74) is 0. The van der Waals surface area contributed by atoms with E-state index >= 15 is 0 Å². The van der Waals surface area contributed by atoms with E-state index in [4.69, 9.17) is 5.26 Å². The highest BCUT2D eigenvalue weighted by atomic mass is 32.2. The summed E-state index contributed by atoms with van der Waals surface area (Å²) < 4.78 is 0.163. The molecule has 5 heteroatoms. The van der Waals surface area contributed by atoms with Crippen LogP contribution in [0.1, 0.15) is 33.1 Å². The van der Waals surface area contributed by atoms with Crippen LogP contribution in [-0.2, 0) is 0 Å². The molecule has 0 aromatic carbocycles. The van der Waals surface area contributed by atoms with E-state index in [2.05, 4.69) is 25.2 Å². The predicted octanol–water partition coefficient (Wildman–Crippen LogP) is 2.22. The quantitative estimate of drug-likeness (QED) is 0.784. The van der Waals surface area contributed by atoms with Gasteiger partial charge in [-0.2, -0.15) is 17.0 Å². The number of hydrogen-bond acceptors (Lipinski definition) is 3. The van der Waals surface area contributed by atoms with Crippen molar-refractivity contribution >= 4 is 17.8 Å². The molecule has 1 N–H and O–H groups in total. The first-order valence-corrected chi connectivity index (χ1v) is 7.07. The first-order chi connectivity index (χ1) is 8.05. The van der Waals surface area contributed by atoms with Gasteiger partial charge in [0.2, 0.25) is 0 Å². The van der Waals surface area contributed by atoms with E-state index in [0.717, 1.165) is 31.7 Å². The molecule has 2 amide bonds. The number of nitriles is 1. The Morgan fingerprint density at radius 1 is 1.53 bits per heavy atom. The van der Waals surface area contributed by atoms with Crippen LogP contribution in [0, 0.1) is 11.3 Å². The molecule has 1 aliphatic rings. The summed E-state index contributed by atoms with van der Waals surface area (Å²) in [6.45, 7) is 6.65. The Balaban J connectivity index is 2.21. The first kappa shape index (κ1) is 14.2. The second kappa shape index (κ2) is 6.75. The van der Waals surface area contributed by atoms with E-state index in [0.29, 0.717) is 13.0 Å². The minimum Gasteiger partial charge on any atom is -0.338 e. The average Bonchev–Trinajstić information content (AvgIpc) is 2.27. The summed E-state index contributed by atoms with van der Waals surface area (Å²) >= 11 is 1.92. The molecule has 0 radical (unpaired) electrons. The van der Waals surface area contributed by atoms with Gasteiger partial charge in [-0.05, 0) is 26.7 Å². The van der Waals surface area contributed by atoms with E-state index in [-0.39, 0.29) is 10.8 Å². The van der Waals surface area contributed by atoms with E-state index in [1.807, 2.05) is 16.7 Å². The lowest BCUT2D eigenvalue weighted by molar-refractivity contribution is 0.195. The number of thioether (sulfide) groups is 1. The Morgan fingerprint density at radius 2 is 2.29 bits per heavy atom. The highest BCUT2D eigenvalue weighted by molar-refractivity contribution is 8.00. The van der Waals surface area contributed by atoms with Gasteiger partial charge in [0, 0.05) is 36.6 Å². The molecule has 0 aromatic rings. The standard InChI is InChI=1S/C12H21N3OS/c1-12(2)10-15(8-9-17-12)11(16)14-7-5-3-4-6-13/h3-5,7-10H2,1-2H3,(H,14,16). The fourth-order valence-corrected chi connectivity index (χ4v) is 2.94. The van der Waals surface area contributed by atoms with Crippen molar-refractivity contribution in [3.8, 4) is 6.07 Å². The Hall–Kier alpha value is -0.890. The van der Waals surface area contributed by atoms with Crippen LogP contribution in [0.15, 0.2) is 0 Å². The van der Waals surface area contributed by atoms with Crippen LogP contribution in [0.4, 0.5) is 4.79 Å². The molecule has 0 bridgehead atoms. The van der Waals surface area contributed by atoms with Crippen molar-refractivity contribution < 1.29 is 4.79 Å². The molecule has 1 aliphatic heterocycles. The van der Waals surface area contributed by atoms with Crippen molar-refractivity contribution in [2.45, 2.75) is 37.9 Å². The maximum absolute atomic E-state index is 11.9. The van der Waals surface area contributed by atoms with Gasteiger partial charge in [-0.25, -0.2) is 4.79 Å². The van der Waals surface area contributed by atoms with Gasteiger partial charge in [-0.1, -0.05) is 0 Å². The number of hydrogen-bond donors (Lipinski definition) is 1. The lowest BCUT2D eigenvalue weighted by atomic mass is 10.2. The van der Waals surface area contributed by atoms with Crippen molar-refractivity contribution in [2.75, 3.05) is 25.4 Å². The third-order valence-electron chi connectivity index (χ3n) is 2.70. The van der Waals surface area contributed by atoms with Crippen molar-refractivity contribution in [3.63, 3.8) is 0 Å². The second-order valence-corrected chi connectivity index (χ2v) is 6.68. The SMILES string of the molecule is CC1(C)CN(C(=O)NCCCCC#N)CCS1. The van der Waals surface area contributed by atoms with Gasteiger partial charge >= 0.3 is 6.03 Å². The number of urea groups is 1. The lowest BCUT2D eigenvalue weighted by Gasteiger charge is -2.37. The van der Waals surface area contributed by atoms with Gasteiger partial charge < -0.3 is 10.2 Å². The molecule has 0 aliphatic carbocycles. The first-order valence-electron chi connectivity index (χ1n) is 6.09. The Labute approximate surface area is 108 Å². The summed E-state index contributed by atoms with van der Waals surface area (Å²) in [6, 6.07) is 2.14. The predicted molar refractivity (Wildman–Crippen MR) is 71.0 cm³/mol. The van der Waals surface area contributed by atoms with Crippen molar-refractivity contribution in [1.82, 2.24) is 10.2 Å². The van der Waals surface area contributed by atoms with E-state index in [9.17, 15) is 4.79 Å². The number of carbonyl (C=O) groups excluding carboxylic acids is 1. The minimum absolute atomic E-state index is 0.0373. The maximum Gasteiger partial charge on any atom is 0.317 e. The lowest BCUT2D eigenvalue weighted by Crippen LogP contribution is -2.50. The normalized spacial score (nSPS) is 18.5. The summed E-state index contributed by atoms with van der Waals surface area (Å²) in [5, 5.41) is 11.3. The number of rotatable bonds is 4. The summed E-state index contributed by atoms with van der Waals surface area (Å²) in [4.78, 5) is 13.7. The fourth-order valence-electron chi connectivity index (χ4n) is 1.83. The number of unbranched alkanes of at least 4 members (excludes halogenated alkanes) is 2. The third kappa shape index (κ3) is 5.31. The molecule has 1 heterocycles. The van der Waals surface area contributed by atoms with Crippen LogP contribution >= 0.6 is 11.8 Å². The smallest absolute Gasteiger partial charge is 0.317 e. The summed E-state index contributed by atoms with van der Waals surface area (Å²) in [6.07, 6.45) is 2.31. The van der Waals surface area contributed by atoms with Crippen LogP contribution < -0.4 is 5.32 Å². The van der Waals surface area contributed by atoms with Crippen LogP contribution in [0.25, 0.3) is 0 Å². The number of nitrogens with one attached hydrogen (secondary N) is 1. The zero-order chi connectivity index (χ0) is 12.7. The monoisotopic (exact) mass is 255 g/mol. The zero-order valence-corrected chi connectivity index (χ0v) is 11.5. The molecule has 1 rings (SSSR count). The largest absolute Gasteiger partial charge is 0.338 e. The Kier molecular flexibility index (Phi) is 5.63. The fraction of sp³-hybridized carbons (Fsp3) is 0.833. The average molecular weight is 255 g/mol. The third-order valence-corrected chi connectivity index (χ3v) is 4.00. The van der Waals surface area contributed by atoms with Crippen molar-refractivity contribution in [1.29, 1.82) is 5.26 Å². The highest BCUT2D eigenvalue weighted by Crippen LogP contribution is 2.29. The van der Waals surface area contributed by atoms with Gasteiger partial charge in [0.25, 0.3) is 0 Å². The molecule has 4 nitrogen and oxygen atoms in total.